The minimum absolute atomic E-state index is 0.176. The number of halogens is 1. The maximum absolute atomic E-state index is 12.3. The lowest BCUT2D eigenvalue weighted by molar-refractivity contribution is 0.0155. The van der Waals surface area contributed by atoms with Gasteiger partial charge in [0.15, 0.2) is 17.2 Å². The van der Waals surface area contributed by atoms with Gasteiger partial charge in [0.2, 0.25) is 0 Å². The molecule has 2 aromatic rings. The van der Waals surface area contributed by atoms with Gasteiger partial charge in [0.05, 0.1) is 18.1 Å². The Balaban J connectivity index is 1.72. The molecule has 0 aliphatic carbocycles. The van der Waals surface area contributed by atoms with E-state index in [0.29, 0.717) is 48.5 Å². The summed E-state index contributed by atoms with van der Waals surface area (Å²) in [6, 6.07) is 2.42. The number of aromatic nitrogens is 3. The molecular weight excluding hydrogens is 480 g/mol. The van der Waals surface area contributed by atoms with Crippen LogP contribution in [-0.4, -0.2) is 63.2 Å². The fourth-order valence-electron chi connectivity index (χ4n) is 3.41. The van der Waals surface area contributed by atoms with Crippen LogP contribution < -0.4 is 5.32 Å². The second kappa shape index (κ2) is 9.32. The van der Waals surface area contributed by atoms with Crippen LogP contribution in [0.5, 0.6) is 0 Å². The molecule has 1 saturated heterocycles. The number of nitrogens with one attached hydrogen (secondary N) is 1. The van der Waals surface area contributed by atoms with Gasteiger partial charge < -0.3 is 24.1 Å². The van der Waals surface area contributed by atoms with E-state index in [9.17, 15) is 14.9 Å². The first kappa shape index (κ1) is 23.8. The zero-order chi connectivity index (χ0) is 23.5. The van der Waals surface area contributed by atoms with Gasteiger partial charge in [-0.2, -0.15) is 5.26 Å². The molecule has 11 heteroatoms. The van der Waals surface area contributed by atoms with Gasteiger partial charge in [-0.1, -0.05) is 0 Å². The van der Waals surface area contributed by atoms with Gasteiger partial charge in [-0.15, -0.1) is 0 Å². The Kier molecular flexibility index (Phi) is 6.93. The van der Waals surface area contributed by atoms with E-state index in [1.807, 2.05) is 20.8 Å². The van der Waals surface area contributed by atoms with E-state index >= 15 is 0 Å². The van der Waals surface area contributed by atoms with Gasteiger partial charge in [-0.3, -0.25) is 0 Å². The third-order valence-corrected chi connectivity index (χ3v) is 5.48. The highest BCUT2D eigenvalue weighted by atomic mass is 79.9. The second-order valence-electron chi connectivity index (χ2n) is 8.70. The van der Waals surface area contributed by atoms with Crippen molar-refractivity contribution in [1.82, 2.24) is 19.3 Å². The van der Waals surface area contributed by atoms with Gasteiger partial charge >= 0.3 is 12.1 Å². The molecule has 0 radical (unpaired) electrons. The predicted octanol–water partition coefficient (Wildman–Crippen LogP) is 3.62. The molecule has 1 fully saturated rings. The molecule has 0 saturated carbocycles. The number of imidazole rings is 1. The Bertz CT molecular complexity index is 1050. The van der Waals surface area contributed by atoms with Crippen LogP contribution in [0.3, 0.4) is 0 Å². The second-order valence-corrected chi connectivity index (χ2v) is 9.52. The smallest absolute Gasteiger partial charge is 0.410 e. The van der Waals surface area contributed by atoms with Crippen molar-refractivity contribution in [2.75, 3.05) is 31.6 Å². The molecule has 0 bridgehead atoms. The zero-order valence-electron chi connectivity index (χ0n) is 18.6. The molecule has 32 heavy (non-hydrogen) atoms. The van der Waals surface area contributed by atoms with Gasteiger partial charge in [-0.25, -0.2) is 19.6 Å². The average molecular weight is 507 g/mol. The Morgan fingerprint density at radius 3 is 2.56 bits per heavy atom. The number of hydrogen-bond acceptors (Lipinski definition) is 8. The van der Waals surface area contributed by atoms with Crippen molar-refractivity contribution in [3.05, 3.63) is 22.7 Å². The largest absolute Gasteiger partial charge is 0.461 e. The molecule has 3 rings (SSSR count). The maximum Gasteiger partial charge on any atom is 0.410 e. The number of likely N-dealkylation sites (tertiary alicyclic amines) is 1. The van der Waals surface area contributed by atoms with Crippen LogP contribution in [0.1, 0.15) is 51.0 Å². The summed E-state index contributed by atoms with van der Waals surface area (Å²) < 4.78 is 12.7. The molecule has 0 atom stereocenters. The highest BCUT2D eigenvalue weighted by Crippen LogP contribution is 2.32. The number of ether oxygens (including phenoxy) is 2. The molecule has 172 valence electrons. The first-order chi connectivity index (χ1) is 15.1. The Morgan fingerprint density at radius 1 is 1.28 bits per heavy atom. The number of anilines is 1. The van der Waals surface area contributed by atoms with Crippen molar-refractivity contribution in [1.29, 1.82) is 5.26 Å². The van der Waals surface area contributed by atoms with E-state index in [0.717, 1.165) is 0 Å². The van der Waals surface area contributed by atoms with Crippen LogP contribution >= 0.6 is 15.9 Å². The SMILES string of the molecule is CCOC(=O)c1cn2cc(Br)nc(NCC3(C#N)CCN(C(=O)OC(C)(C)C)CC3)c2n1. The standard InChI is InChI=1S/C21H27BrN6O4/c1-5-31-18(29)14-10-28-11-15(22)26-16(17(28)25-14)24-13-21(12-23)6-8-27(9-7-21)19(30)32-20(2,3)4/h10-11H,5-9,13H2,1-4H3,(H,24,26). The van der Waals surface area contributed by atoms with Gasteiger partial charge in [0, 0.05) is 32.0 Å². The summed E-state index contributed by atoms with van der Waals surface area (Å²) in [5, 5.41) is 13.1. The number of piperidine rings is 1. The molecular formula is C21H27BrN6O4. The van der Waals surface area contributed by atoms with Gasteiger partial charge in [0.25, 0.3) is 0 Å². The summed E-state index contributed by atoms with van der Waals surface area (Å²) in [7, 11) is 0. The number of fused-ring (bicyclic) bond motifs is 1. The first-order valence-electron chi connectivity index (χ1n) is 10.4. The number of amides is 1. The summed E-state index contributed by atoms with van der Waals surface area (Å²) in [5.74, 6) is -0.0691. The quantitative estimate of drug-likeness (QED) is 0.609. The molecule has 3 heterocycles. The van der Waals surface area contributed by atoms with Crippen LogP contribution in [0.4, 0.5) is 10.6 Å². The average Bonchev–Trinajstić information content (AvgIpc) is 3.15. The van der Waals surface area contributed by atoms with E-state index in [-0.39, 0.29) is 18.4 Å². The van der Waals surface area contributed by atoms with Crippen LogP contribution in [0, 0.1) is 16.7 Å². The van der Waals surface area contributed by atoms with Crippen LogP contribution in [0.2, 0.25) is 0 Å². The van der Waals surface area contributed by atoms with Crippen molar-refractivity contribution in [2.45, 2.75) is 46.1 Å². The lowest BCUT2D eigenvalue weighted by atomic mass is 9.80. The lowest BCUT2D eigenvalue weighted by Gasteiger charge is -2.37. The molecule has 1 N–H and O–H groups in total. The number of nitrogens with zero attached hydrogens (tertiary/aromatic N) is 5. The predicted molar refractivity (Wildman–Crippen MR) is 120 cm³/mol. The van der Waals surface area contributed by atoms with Crippen molar-refractivity contribution in [3.8, 4) is 6.07 Å². The van der Waals surface area contributed by atoms with Crippen LogP contribution in [0.25, 0.3) is 5.65 Å². The summed E-state index contributed by atoms with van der Waals surface area (Å²) in [4.78, 5) is 34.8. The first-order valence-corrected chi connectivity index (χ1v) is 11.2. The molecule has 0 spiro atoms. The topological polar surface area (TPSA) is 122 Å². The molecule has 0 unspecified atom stereocenters. The Hall–Kier alpha value is -2.87. The number of carbonyl (C=O) groups is 2. The molecule has 1 aliphatic heterocycles. The fourth-order valence-corrected chi connectivity index (χ4v) is 3.81. The van der Waals surface area contributed by atoms with Gasteiger partial charge in [-0.05, 0) is 56.5 Å². The van der Waals surface area contributed by atoms with E-state index in [1.54, 1.807) is 28.6 Å². The van der Waals surface area contributed by atoms with E-state index < -0.39 is 17.0 Å². The molecule has 2 aromatic heterocycles. The molecule has 1 aliphatic rings. The number of carbonyl (C=O) groups excluding carboxylic acids is 2. The maximum atomic E-state index is 12.3. The highest BCUT2D eigenvalue weighted by Gasteiger charge is 2.37. The third kappa shape index (κ3) is 5.48. The van der Waals surface area contributed by atoms with E-state index in [1.165, 1.54) is 0 Å². The zero-order valence-corrected chi connectivity index (χ0v) is 20.2. The van der Waals surface area contributed by atoms with Gasteiger partial charge in [0.1, 0.15) is 10.2 Å². The van der Waals surface area contributed by atoms with Crippen molar-refractivity contribution < 1.29 is 19.1 Å². The molecule has 0 aromatic carbocycles. The van der Waals surface area contributed by atoms with Crippen LogP contribution in [-0.2, 0) is 9.47 Å². The van der Waals surface area contributed by atoms with E-state index in [2.05, 4.69) is 37.3 Å². The van der Waals surface area contributed by atoms with Crippen molar-refractivity contribution >= 4 is 39.5 Å². The number of nitriles is 1. The fraction of sp³-hybridized carbons (Fsp3) is 0.571. The Labute approximate surface area is 195 Å². The normalized spacial score (nSPS) is 15.8. The Morgan fingerprint density at radius 2 is 1.97 bits per heavy atom. The summed E-state index contributed by atoms with van der Waals surface area (Å²) in [6.07, 6.45) is 3.90. The monoisotopic (exact) mass is 506 g/mol. The number of hydrogen-bond donors (Lipinski definition) is 1. The van der Waals surface area contributed by atoms with Crippen molar-refractivity contribution in [3.63, 3.8) is 0 Å². The molecule has 1 amide bonds. The summed E-state index contributed by atoms with van der Waals surface area (Å²) in [5.41, 5.74) is -0.603. The minimum atomic E-state index is -0.671. The lowest BCUT2D eigenvalue weighted by Crippen LogP contribution is -2.46. The summed E-state index contributed by atoms with van der Waals surface area (Å²) >= 11 is 3.37. The number of rotatable bonds is 5. The third-order valence-electron chi connectivity index (χ3n) is 5.10. The minimum Gasteiger partial charge on any atom is -0.461 e. The summed E-state index contributed by atoms with van der Waals surface area (Å²) in [6.45, 7) is 8.66. The molecule has 10 nitrogen and oxygen atoms in total. The van der Waals surface area contributed by atoms with E-state index in [4.69, 9.17) is 9.47 Å². The van der Waals surface area contributed by atoms with Crippen LogP contribution in [0.15, 0.2) is 17.0 Å². The van der Waals surface area contributed by atoms with Crippen molar-refractivity contribution in [2.24, 2.45) is 5.41 Å². The highest BCUT2D eigenvalue weighted by molar-refractivity contribution is 9.10. The number of esters is 1.